The van der Waals surface area contributed by atoms with E-state index in [1.807, 2.05) is 59.3 Å². The van der Waals surface area contributed by atoms with Crippen LogP contribution in [0.5, 0.6) is 11.5 Å². The lowest BCUT2D eigenvalue weighted by Gasteiger charge is -2.23. The highest BCUT2D eigenvalue weighted by Crippen LogP contribution is 2.34. The summed E-state index contributed by atoms with van der Waals surface area (Å²) < 4.78 is 15.8. The number of hydrogen-bond acceptors (Lipinski definition) is 6. The molecule has 0 aliphatic carbocycles. The van der Waals surface area contributed by atoms with E-state index >= 15 is 0 Å². The van der Waals surface area contributed by atoms with Crippen LogP contribution in [0, 0.1) is 0 Å². The quantitative estimate of drug-likeness (QED) is 0.554. The molecular weight excluding hydrogens is 364 g/mol. The van der Waals surface area contributed by atoms with Crippen LogP contribution in [0.1, 0.15) is 18.9 Å². The Balaban J connectivity index is 1.52. The number of rotatable bonds is 4. The van der Waals surface area contributed by atoms with Crippen molar-refractivity contribution >= 4 is 16.9 Å². The molecule has 3 heterocycles. The molecule has 7 heteroatoms. The molecule has 5 rings (SSSR count). The average Bonchev–Trinajstić information content (AvgIpc) is 3.16. The van der Waals surface area contributed by atoms with Gasteiger partial charge in [-0.25, -0.2) is 14.6 Å². The Kier molecular flexibility index (Phi) is 4.28. The number of fused-ring (bicyclic) bond motifs is 1. The van der Waals surface area contributed by atoms with Gasteiger partial charge in [0.1, 0.15) is 30.7 Å². The lowest BCUT2D eigenvalue weighted by molar-refractivity contribution is 0.354. The molecule has 0 radical (unpaired) electrons. The van der Waals surface area contributed by atoms with E-state index in [1.165, 1.54) is 6.33 Å². The predicted molar refractivity (Wildman–Crippen MR) is 113 cm³/mol. The highest BCUT2D eigenvalue weighted by atomic mass is 16.5. The third-order valence-corrected chi connectivity index (χ3v) is 5.16. The minimum atomic E-state index is 0.0856. The molecule has 2 aromatic heterocycles. The molecule has 0 saturated carbocycles. The third-order valence-electron chi connectivity index (χ3n) is 5.16. The Labute approximate surface area is 170 Å². The van der Waals surface area contributed by atoms with Crippen molar-refractivity contribution in [2.75, 3.05) is 18.8 Å². The van der Waals surface area contributed by atoms with Crippen molar-refractivity contribution in [2.45, 2.75) is 18.9 Å². The lowest BCUT2D eigenvalue weighted by atomic mass is 10.1. The Morgan fingerprint density at radius 2 is 1.86 bits per heavy atom. The maximum atomic E-state index is 8.01. The summed E-state index contributed by atoms with van der Waals surface area (Å²) in [6, 6.07) is 17.5. The molecule has 0 amide bonds. The summed E-state index contributed by atoms with van der Waals surface area (Å²) in [5.74, 6) is 1.94. The van der Waals surface area contributed by atoms with Crippen LogP contribution in [0.25, 0.3) is 22.3 Å². The van der Waals surface area contributed by atoms with Gasteiger partial charge >= 0.3 is 0 Å². The second-order valence-electron chi connectivity index (χ2n) is 7.12. The van der Waals surface area contributed by atoms with Crippen LogP contribution in [-0.2, 0) is 0 Å². The van der Waals surface area contributed by atoms with Crippen LogP contribution < -0.4 is 15.8 Å². The molecule has 0 unspecified atom stereocenters. The van der Waals surface area contributed by atoms with E-state index in [2.05, 4.69) is 9.97 Å². The van der Waals surface area contributed by atoms with Gasteiger partial charge in [0.2, 0.25) is 0 Å². The highest BCUT2D eigenvalue weighted by Gasteiger charge is 2.23. The Hall–Kier alpha value is -3.45. The number of ether oxygens (including phenoxy) is 1. The number of anilines is 1. The van der Waals surface area contributed by atoms with E-state index in [0.29, 0.717) is 18.0 Å². The fourth-order valence-corrected chi connectivity index (χ4v) is 3.73. The van der Waals surface area contributed by atoms with Crippen molar-refractivity contribution in [3.05, 3.63) is 60.9 Å². The van der Waals surface area contributed by atoms with Crippen LogP contribution >= 0.6 is 0 Å². The van der Waals surface area contributed by atoms with Gasteiger partial charge < -0.3 is 15.8 Å². The molecule has 1 atom stereocenters. The second-order valence-corrected chi connectivity index (χ2v) is 7.12. The number of aromatic nitrogens is 4. The molecule has 1 aliphatic rings. The molecule has 1 saturated heterocycles. The van der Waals surface area contributed by atoms with E-state index in [0.717, 1.165) is 47.5 Å². The zero-order chi connectivity index (χ0) is 20.5. The first-order valence-corrected chi connectivity index (χ1v) is 9.75. The van der Waals surface area contributed by atoms with Gasteiger partial charge in [0.25, 0.3) is 0 Å². The van der Waals surface area contributed by atoms with Crippen molar-refractivity contribution < 1.29 is 6.15 Å². The lowest BCUT2D eigenvalue weighted by Crippen LogP contribution is -2.32. The van der Waals surface area contributed by atoms with Crippen LogP contribution in [0.15, 0.2) is 60.9 Å². The van der Waals surface area contributed by atoms with Crippen molar-refractivity contribution in [2.24, 2.45) is 0 Å². The number of hydrogen-bond donors (Lipinski definition) is 2. The molecule has 0 bridgehead atoms. The van der Waals surface area contributed by atoms with E-state index in [4.69, 9.17) is 17.0 Å². The molecule has 7 nitrogen and oxygen atoms in total. The first kappa shape index (κ1) is 16.5. The number of piperidine rings is 1. The summed E-state index contributed by atoms with van der Waals surface area (Å²) in [7, 11) is 0. The van der Waals surface area contributed by atoms with Gasteiger partial charge in [0.05, 0.1) is 11.4 Å². The third kappa shape index (κ3) is 3.40. The zero-order valence-electron chi connectivity index (χ0n) is 16.9. The normalized spacial score (nSPS) is 17.9. The summed E-state index contributed by atoms with van der Waals surface area (Å²) in [6.07, 6.45) is 3.38. The van der Waals surface area contributed by atoms with Crippen molar-refractivity contribution in [1.29, 1.82) is 0 Å². The van der Waals surface area contributed by atoms with E-state index < -0.39 is 0 Å². The highest BCUT2D eigenvalue weighted by molar-refractivity contribution is 5.98. The van der Waals surface area contributed by atoms with Crippen LogP contribution in [0.4, 0.5) is 5.82 Å². The first-order chi connectivity index (χ1) is 14.7. The van der Waals surface area contributed by atoms with Gasteiger partial charge in [-0.3, -0.25) is 0 Å². The first-order valence-electron chi connectivity index (χ1n) is 10.2. The Morgan fingerprint density at radius 1 is 1.07 bits per heavy atom. The fourth-order valence-electron chi connectivity index (χ4n) is 3.73. The molecule has 1 aliphatic heterocycles. The molecule has 29 heavy (non-hydrogen) atoms. The smallest absolute Gasteiger partial charge is 0.164 e. The van der Waals surface area contributed by atoms with Crippen LogP contribution in [0.3, 0.4) is 0 Å². The van der Waals surface area contributed by atoms with Crippen molar-refractivity contribution in [3.63, 3.8) is 0 Å². The van der Waals surface area contributed by atoms with Gasteiger partial charge in [0, 0.05) is 12.1 Å². The van der Waals surface area contributed by atoms with Crippen LogP contribution in [-0.4, -0.2) is 32.8 Å². The number of nitrogen functional groups attached to an aromatic ring is 1. The van der Waals surface area contributed by atoms with E-state index in [1.54, 1.807) is 5.31 Å². The summed E-state index contributed by atoms with van der Waals surface area (Å²) in [6.45, 7) is 1.40. The fraction of sp³-hybridized carbons (Fsp3) is 0.227. The number of para-hydroxylation sites is 1. The monoisotopic (exact) mass is 387 g/mol. The molecular formula is C22H22N6O. The van der Waals surface area contributed by atoms with E-state index in [-0.39, 0.29) is 6.04 Å². The van der Waals surface area contributed by atoms with Crippen molar-refractivity contribution in [1.82, 2.24) is 25.1 Å². The largest absolute Gasteiger partial charge is 0.457 e. The minimum Gasteiger partial charge on any atom is -0.457 e. The SMILES string of the molecule is [2H]N1CCC[C@@H](n2nc(-c3ccc(Oc4ccccc4)cc3)c3c(N)ncnc32)C1. The Bertz CT molecular complexity index is 1160. The predicted octanol–water partition coefficient (Wildman–Crippen LogP) is 3.79. The van der Waals surface area contributed by atoms with Crippen molar-refractivity contribution in [3.8, 4) is 22.8 Å². The van der Waals surface area contributed by atoms with Crippen LogP contribution in [0.2, 0.25) is 1.41 Å². The minimum absolute atomic E-state index is 0.0856. The Morgan fingerprint density at radius 3 is 2.66 bits per heavy atom. The number of nitrogens with two attached hydrogens (primary N) is 1. The van der Waals surface area contributed by atoms with Gasteiger partial charge in [-0.05, 0) is 55.8 Å². The molecule has 146 valence electrons. The van der Waals surface area contributed by atoms with Gasteiger partial charge in [-0.15, -0.1) is 0 Å². The average molecular weight is 387 g/mol. The summed E-state index contributed by atoms with van der Waals surface area (Å²) in [5, 5.41) is 7.21. The maximum Gasteiger partial charge on any atom is 0.164 e. The molecule has 1 fully saturated rings. The summed E-state index contributed by atoms with van der Waals surface area (Å²) in [4.78, 5) is 8.65. The summed E-state index contributed by atoms with van der Waals surface area (Å²) in [5.41, 5.74) is 8.59. The zero-order valence-corrected chi connectivity index (χ0v) is 15.9. The van der Waals surface area contributed by atoms with Gasteiger partial charge in [-0.2, -0.15) is 5.10 Å². The number of nitrogens with one attached hydrogen (secondary N) is 1. The topological polar surface area (TPSA) is 90.9 Å². The van der Waals surface area contributed by atoms with E-state index in [9.17, 15) is 0 Å². The molecule has 4 aromatic rings. The standard InChI is InChI=1S/C22H22N6O/c23-21-19-20(15-8-10-18(11-9-15)29-17-6-2-1-3-7-17)27-28(22(19)26-14-25-21)16-5-4-12-24-13-16/h1-3,6-11,14,16,24H,4-5,12-13H2,(H2,23,25,26)/t16-/m1/s1/i/hD. The number of nitrogens with zero attached hydrogens (tertiary/aromatic N) is 4. The maximum absolute atomic E-state index is 8.01. The van der Waals surface area contributed by atoms with Gasteiger partial charge in [-0.1, -0.05) is 18.2 Å². The molecule has 2 aromatic carbocycles. The molecule has 0 spiro atoms. The molecule has 3 N–H and O–H groups in total. The summed E-state index contributed by atoms with van der Waals surface area (Å²) >= 11 is 0. The van der Waals surface area contributed by atoms with Gasteiger partial charge in [0.15, 0.2) is 5.65 Å². The second kappa shape index (κ2) is 7.52. The number of benzene rings is 2.